The highest BCUT2D eigenvalue weighted by Gasteiger charge is 2.34. The number of rotatable bonds is 8. The number of nitriles is 1. The third-order valence-corrected chi connectivity index (χ3v) is 8.52. The highest BCUT2D eigenvalue weighted by molar-refractivity contribution is 5.96. The third-order valence-electron chi connectivity index (χ3n) is 8.52. The fraction of sp³-hybridized carbons (Fsp3) is 0.333. The van der Waals surface area contributed by atoms with Crippen molar-refractivity contribution in [2.24, 2.45) is 0 Å². The fourth-order valence-corrected chi connectivity index (χ4v) is 6.06. The number of carbonyl (C=O) groups is 1. The van der Waals surface area contributed by atoms with Crippen LogP contribution in [0.1, 0.15) is 25.1 Å². The minimum atomic E-state index is -1.07. The number of aromatic nitrogens is 4. The number of likely N-dealkylation sites (tertiary alicyclic amines) is 1. The molecule has 2 atom stereocenters. The van der Waals surface area contributed by atoms with E-state index >= 15 is 8.78 Å². The fourth-order valence-electron chi connectivity index (χ4n) is 6.06. The molecule has 47 heavy (non-hydrogen) atoms. The Labute approximate surface area is 268 Å². The van der Waals surface area contributed by atoms with Gasteiger partial charge in [-0.1, -0.05) is 12.1 Å². The van der Waals surface area contributed by atoms with Crippen LogP contribution >= 0.6 is 0 Å². The molecule has 2 aliphatic heterocycles. The quantitative estimate of drug-likeness (QED) is 0.274. The molecule has 11 nitrogen and oxygen atoms in total. The van der Waals surface area contributed by atoms with Crippen molar-refractivity contribution in [3.8, 4) is 29.0 Å². The smallest absolute Gasteiger partial charge is 0.319 e. The minimum absolute atomic E-state index is 0.0281. The number of hydrogen-bond donors (Lipinski definition) is 1. The first-order valence-electron chi connectivity index (χ1n) is 15.1. The van der Waals surface area contributed by atoms with Crippen molar-refractivity contribution in [2.75, 3.05) is 44.7 Å². The molecule has 6 rings (SSSR count). The Hall–Kier alpha value is -5.29. The number of fused-ring (bicyclic) bond motifs is 1. The lowest BCUT2D eigenvalue weighted by Gasteiger charge is -2.41. The molecule has 0 aliphatic carbocycles. The number of aromatic hydroxyl groups is 1. The van der Waals surface area contributed by atoms with Crippen molar-refractivity contribution in [3.63, 3.8) is 0 Å². The number of carbonyl (C=O) groups excluding carboxylic acids is 1. The lowest BCUT2D eigenvalue weighted by molar-refractivity contribution is -0.131. The number of benzene rings is 2. The molecule has 242 valence electrons. The van der Waals surface area contributed by atoms with Crippen LogP contribution in [0.25, 0.3) is 28.1 Å². The zero-order chi connectivity index (χ0) is 33.1. The summed E-state index contributed by atoms with van der Waals surface area (Å²) in [5, 5.41) is 20.3. The van der Waals surface area contributed by atoms with Crippen LogP contribution in [0.2, 0.25) is 0 Å². The molecular weight excluding hydrogens is 613 g/mol. The van der Waals surface area contributed by atoms with Crippen LogP contribution in [0, 0.1) is 23.0 Å². The van der Waals surface area contributed by atoms with Gasteiger partial charge in [0.25, 0.3) is 5.91 Å². The number of hydrogen-bond acceptors (Lipinski definition) is 10. The summed E-state index contributed by atoms with van der Waals surface area (Å²) in [5.74, 6) is -3.79. The SMILES string of the molecule is CN1CCCC1COc1nc(N2CCN(C(=O)/C(F)=C/c3ncccn3)[C@@H](CC#N)C2)c2ccc(-c3c(O)cccc3F)c(F)c2n1. The maximum Gasteiger partial charge on any atom is 0.319 e. The molecule has 0 radical (unpaired) electrons. The summed E-state index contributed by atoms with van der Waals surface area (Å²) in [6.07, 6.45) is 5.60. The first-order chi connectivity index (χ1) is 22.7. The van der Waals surface area contributed by atoms with Gasteiger partial charge in [0.1, 0.15) is 29.5 Å². The second kappa shape index (κ2) is 13.6. The Morgan fingerprint density at radius 3 is 2.64 bits per heavy atom. The van der Waals surface area contributed by atoms with Gasteiger partial charge in [-0.3, -0.25) is 4.79 Å². The van der Waals surface area contributed by atoms with E-state index < -0.39 is 35.2 Å². The van der Waals surface area contributed by atoms with Crippen LogP contribution in [0.5, 0.6) is 11.8 Å². The normalized spacial score (nSPS) is 18.8. The molecule has 2 fully saturated rings. The maximum absolute atomic E-state index is 16.3. The molecule has 0 bridgehead atoms. The number of piperazine rings is 1. The van der Waals surface area contributed by atoms with Gasteiger partial charge < -0.3 is 24.5 Å². The van der Waals surface area contributed by atoms with Crippen LogP contribution in [-0.4, -0.2) is 92.7 Å². The van der Waals surface area contributed by atoms with Gasteiger partial charge in [-0.05, 0) is 50.7 Å². The lowest BCUT2D eigenvalue weighted by Crippen LogP contribution is -2.55. The van der Waals surface area contributed by atoms with E-state index in [1.165, 1.54) is 41.6 Å². The Bertz CT molecular complexity index is 1850. The van der Waals surface area contributed by atoms with Gasteiger partial charge in [0.2, 0.25) is 0 Å². The average molecular weight is 645 g/mol. The van der Waals surface area contributed by atoms with Crippen LogP contribution in [-0.2, 0) is 4.79 Å². The summed E-state index contributed by atoms with van der Waals surface area (Å²) in [6, 6.07) is 9.48. The Morgan fingerprint density at radius 1 is 1.11 bits per heavy atom. The molecule has 1 N–H and O–H groups in total. The summed E-state index contributed by atoms with van der Waals surface area (Å²) in [6.45, 7) is 1.44. The highest BCUT2D eigenvalue weighted by Crippen LogP contribution is 2.38. The topological polar surface area (TPSA) is 132 Å². The summed E-state index contributed by atoms with van der Waals surface area (Å²) < 4.78 is 52.1. The molecule has 0 spiro atoms. The van der Waals surface area contributed by atoms with Crippen LogP contribution < -0.4 is 9.64 Å². The zero-order valence-corrected chi connectivity index (χ0v) is 25.5. The molecule has 1 unspecified atom stereocenters. The first kappa shape index (κ1) is 31.7. The van der Waals surface area contributed by atoms with Crippen molar-refractivity contribution in [2.45, 2.75) is 31.3 Å². The number of amides is 1. The summed E-state index contributed by atoms with van der Waals surface area (Å²) in [7, 11) is 1.99. The average Bonchev–Trinajstić information content (AvgIpc) is 3.49. The largest absolute Gasteiger partial charge is 0.507 e. The molecule has 2 aromatic heterocycles. The lowest BCUT2D eigenvalue weighted by atomic mass is 10.0. The van der Waals surface area contributed by atoms with Gasteiger partial charge in [-0.25, -0.2) is 23.1 Å². The van der Waals surface area contributed by atoms with E-state index in [0.717, 1.165) is 31.5 Å². The molecule has 1 amide bonds. The van der Waals surface area contributed by atoms with Crippen molar-refractivity contribution < 1.29 is 27.8 Å². The highest BCUT2D eigenvalue weighted by atomic mass is 19.1. The predicted octanol–water partition coefficient (Wildman–Crippen LogP) is 4.49. The van der Waals surface area contributed by atoms with E-state index in [9.17, 15) is 19.6 Å². The molecule has 14 heteroatoms. The number of anilines is 1. The standard InChI is InChI=1S/C33H31F3N8O3/c1-42-14-3-5-21(42)19-47-33-40-30-23(9-8-22(29(30)36)28-24(34)6-2-7-26(28)45)31(41-33)43-15-16-44(20(18-43)10-11-37)32(46)25(35)17-27-38-12-4-13-39-27/h2,4,6-9,12-13,17,20-21,45H,3,5,10,14-16,18-19H2,1H3/b25-17-/t20-,21?/m0/s1. The van der Waals surface area contributed by atoms with Gasteiger partial charge in [-0.2, -0.15) is 15.2 Å². The van der Waals surface area contributed by atoms with Gasteiger partial charge in [-0.15, -0.1) is 0 Å². The summed E-state index contributed by atoms with van der Waals surface area (Å²) in [5.41, 5.74) is -0.655. The number of ether oxygens (including phenoxy) is 1. The van der Waals surface area contributed by atoms with Gasteiger partial charge in [0.05, 0.1) is 24.1 Å². The van der Waals surface area contributed by atoms with Crippen LogP contribution in [0.3, 0.4) is 0 Å². The Balaban J connectivity index is 1.36. The predicted molar refractivity (Wildman–Crippen MR) is 167 cm³/mol. The molecule has 4 aromatic rings. The third kappa shape index (κ3) is 6.52. The van der Waals surface area contributed by atoms with Gasteiger partial charge >= 0.3 is 6.01 Å². The summed E-state index contributed by atoms with van der Waals surface area (Å²) in [4.78, 5) is 35.2. The number of likely N-dealkylation sites (N-methyl/N-ethyl adjacent to an activating group) is 1. The Kier molecular flexibility index (Phi) is 9.17. The second-order valence-electron chi connectivity index (χ2n) is 11.4. The van der Waals surface area contributed by atoms with E-state index in [1.807, 2.05) is 7.05 Å². The number of halogens is 3. The Morgan fingerprint density at radius 2 is 1.91 bits per heavy atom. The van der Waals surface area contributed by atoms with Gasteiger partial charge in [0.15, 0.2) is 17.5 Å². The first-order valence-corrected chi connectivity index (χ1v) is 15.1. The van der Waals surface area contributed by atoms with Crippen molar-refractivity contribution >= 4 is 28.7 Å². The zero-order valence-electron chi connectivity index (χ0n) is 25.5. The monoisotopic (exact) mass is 644 g/mol. The van der Waals surface area contributed by atoms with Crippen molar-refractivity contribution in [1.82, 2.24) is 29.7 Å². The minimum Gasteiger partial charge on any atom is -0.507 e. The van der Waals surface area contributed by atoms with E-state index in [-0.39, 0.29) is 78.4 Å². The molecule has 2 saturated heterocycles. The molecule has 0 saturated carbocycles. The number of phenols is 1. The van der Waals surface area contributed by atoms with Gasteiger partial charge in [0, 0.05) is 55.1 Å². The number of phenolic OH excluding ortho intramolecular Hbond substituents is 1. The van der Waals surface area contributed by atoms with E-state index in [0.29, 0.717) is 0 Å². The van der Waals surface area contributed by atoms with E-state index in [4.69, 9.17) is 4.74 Å². The molecular formula is C33H31F3N8O3. The van der Waals surface area contributed by atoms with Crippen molar-refractivity contribution in [1.29, 1.82) is 5.26 Å². The summed E-state index contributed by atoms with van der Waals surface area (Å²) >= 11 is 0. The molecule has 2 aromatic carbocycles. The van der Waals surface area contributed by atoms with E-state index in [1.54, 1.807) is 11.0 Å². The van der Waals surface area contributed by atoms with Crippen LogP contribution in [0.4, 0.5) is 19.0 Å². The molecule has 4 heterocycles. The van der Waals surface area contributed by atoms with E-state index in [2.05, 4.69) is 30.9 Å². The van der Waals surface area contributed by atoms with Crippen LogP contribution in [0.15, 0.2) is 54.6 Å². The second-order valence-corrected chi connectivity index (χ2v) is 11.4. The number of nitrogens with zero attached hydrogens (tertiary/aromatic N) is 8. The molecule has 2 aliphatic rings. The maximum atomic E-state index is 16.3. The van der Waals surface area contributed by atoms with Crippen molar-refractivity contribution in [3.05, 3.63) is 72.1 Å².